The molecule has 8 heteroatoms. The van der Waals surface area contributed by atoms with E-state index < -0.39 is 20.5 Å². The van der Waals surface area contributed by atoms with Gasteiger partial charge in [-0.1, -0.05) is 37.6 Å². The minimum Gasteiger partial charge on any atom is -0.365 e. The van der Waals surface area contributed by atoms with Crippen LogP contribution in [0.4, 0.5) is 0 Å². The number of halogens is 1. The Balaban J connectivity index is 1.99. The highest BCUT2D eigenvalue weighted by molar-refractivity contribution is 7.91. The van der Waals surface area contributed by atoms with Crippen molar-refractivity contribution in [1.29, 1.82) is 0 Å². The summed E-state index contributed by atoms with van der Waals surface area (Å²) in [5, 5.41) is 3.47. The molecule has 2 aromatic heterocycles. The minimum atomic E-state index is -3.38. The topological polar surface area (TPSA) is 77.2 Å². The second kappa shape index (κ2) is 8.73. The summed E-state index contributed by atoms with van der Waals surface area (Å²) >= 11 is 9.64. The second-order valence-corrected chi connectivity index (χ2v) is 15.0. The summed E-state index contributed by atoms with van der Waals surface area (Å²) in [7, 11) is -3.38. The zero-order valence-electron chi connectivity index (χ0n) is 20.5. The van der Waals surface area contributed by atoms with Gasteiger partial charge in [0.2, 0.25) is 0 Å². The molecule has 0 spiro atoms. The lowest BCUT2D eigenvalue weighted by Crippen LogP contribution is -2.27. The van der Waals surface area contributed by atoms with E-state index in [1.807, 2.05) is 24.3 Å². The predicted molar refractivity (Wildman–Crippen MR) is 150 cm³/mol. The number of sulfone groups is 1. The Morgan fingerprint density at radius 1 is 1.00 bits per heavy atom. The van der Waals surface area contributed by atoms with Crippen LogP contribution >= 0.6 is 34.3 Å². The third-order valence-electron chi connectivity index (χ3n) is 6.79. The molecule has 0 aliphatic rings. The molecule has 0 unspecified atom stereocenters. The van der Waals surface area contributed by atoms with Crippen molar-refractivity contribution in [3.05, 3.63) is 79.3 Å². The first-order chi connectivity index (χ1) is 16.1. The van der Waals surface area contributed by atoms with E-state index in [4.69, 9.17) is 17.3 Å². The van der Waals surface area contributed by atoms with E-state index >= 15 is 0 Å². The standard InChI is InChI=1S/C27H28ClNO3S3/c1-15-9-22(33-14-15)26(2,3)18-10-16(11-19(28)12-18)23-20-13-17(27(4,5)35(6,31)32)7-8-21(20)34-24(23)25(29)30/h7-14H,1-6H3,(H2,29,30). The van der Waals surface area contributed by atoms with Gasteiger partial charge in [-0.05, 0) is 78.7 Å². The van der Waals surface area contributed by atoms with Gasteiger partial charge in [-0.2, -0.15) is 0 Å². The number of aryl methyl sites for hydroxylation is 1. The predicted octanol–water partition coefficient (Wildman–Crippen LogP) is 7.30. The molecule has 4 nitrogen and oxygen atoms in total. The van der Waals surface area contributed by atoms with E-state index in [1.165, 1.54) is 28.0 Å². The third kappa shape index (κ3) is 4.55. The van der Waals surface area contributed by atoms with Crippen LogP contribution in [-0.2, 0) is 20.0 Å². The van der Waals surface area contributed by atoms with Crippen molar-refractivity contribution in [3.63, 3.8) is 0 Å². The molecule has 0 saturated carbocycles. The van der Waals surface area contributed by atoms with Gasteiger partial charge in [0.15, 0.2) is 9.84 Å². The molecule has 2 heterocycles. The number of fused-ring (bicyclic) bond motifs is 1. The van der Waals surface area contributed by atoms with E-state index in [0.717, 1.165) is 21.2 Å². The number of hydrogen-bond donors (Lipinski definition) is 1. The first kappa shape index (κ1) is 25.9. The van der Waals surface area contributed by atoms with Crippen molar-refractivity contribution >= 4 is 60.1 Å². The van der Waals surface area contributed by atoms with Crippen LogP contribution in [0.3, 0.4) is 0 Å². The lowest BCUT2D eigenvalue weighted by molar-refractivity contribution is 0.100. The van der Waals surface area contributed by atoms with Crippen LogP contribution in [0.25, 0.3) is 21.2 Å². The number of nitrogens with two attached hydrogens (primary N) is 1. The number of hydrogen-bond acceptors (Lipinski definition) is 5. The molecule has 0 radical (unpaired) electrons. The van der Waals surface area contributed by atoms with Crippen LogP contribution in [0.15, 0.2) is 47.8 Å². The zero-order chi connectivity index (χ0) is 25.9. The Morgan fingerprint density at radius 2 is 1.69 bits per heavy atom. The monoisotopic (exact) mass is 545 g/mol. The largest absolute Gasteiger partial charge is 0.365 e. The highest BCUT2D eigenvalue weighted by Crippen LogP contribution is 2.44. The summed E-state index contributed by atoms with van der Waals surface area (Å²) in [6, 6.07) is 13.6. The highest BCUT2D eigenvalue weighted by Gasteiger charge is 2.33. The summed E-state index contributed by atoms with van der Waals surface area (Å²) in [5.74, 6) is -0.528. The van der Waals surface area contributed by atoms with Gasteiger partial charge in [0.25, 0.3) is 5.91 Å². The fourth-order valence-electron chi connectivity index (χ4n) is 4.14. The number of amides is 1. The van der Waals surface area contributed by atoms with Gasteiger partial charge in [0.1, 0.15) is 4.88 Å². The quantitative estimate of drug-likeness (QED) is 0.276. The van der Waals surface area contributed by atoms with Crippen molar-refractivity contribution in [3.8, 4) is 11.1 Å². The zero-order valence-corrected chi connectivity index (χ0v) is 23.7. The Bertz CT molecular complexity index is 1580. The Hall–Kier alpha value is -2.19. The smallest absolute Gasteiger partial charge is 0.259 e. The Kier molecular flexibility index (Phi) is 6.46. The maximum Gasteiger partial charge on any atom is 0.259 e. The molecule has 0 saturated heterocycles. The average Bonchev–Trinajstić information content (AvgIpc) is 3.36. The van der Waals surface area contributed by atoms with Crippen LogP contribution in [0.5, 0.6) is 0 Å². The highest BCUT2D eigenvalue weighted by atomic mass is 35.5. The number of thiophene rings is 2. The van der Waals surface area contributed by atoms with E-state index in [9.17, 15) is 13.2 Å². The van der Waals surface area contributed by atoms with Crippen molar-refractivity contribution in [2.24, 2.45) is 5.73 Å². The summed E-state index contributed by atoms with van der Waals surface area (Å²) in [4.78, 5) is 14.1. The van der Waals surface area contributed by atoms with Gasteiger partial charge >= 0.3 is 0 Å². The van der Waals surface area contributed by atoms with Crippen LogP contribution in [0, 0.1) is 6.92 Å². The number of benzene rings is 2. The first-order valence-electron chi connectivity index (χ1n) is 11.1. The molecule has 0 bridgehead atoms. The van der Waals surface area contributed by atoms with E-state index in [1.54, 1.807) is 31.3 Å². The maximum atomic E-state index is 12.5. The molecular weight excluding hydrogens is 518 g/mol. The molecular formula is C27H28ClNO3S3. The van der Waals surface area contributed by atoms with Crippen LogP contribution < -0.4 is 5.73 Å². The van der Waals surface area contributed by atoms with Crippen LogP contribution in [0.1, 0.15) is 58.9 Å². The number of rotatable bonds is 6. The van der Waals surface area contributed by atoms with Gasteiger partial charge in [-0.15, -0.1) is 22.7 Å². The number of carbonyl (C=O) groups excluding carboxylic acids is 1. The Morgan fingerprint density at radius 3 is 2.26 bits per heavy atom. The third-order valence-corrected chi connectivity index (χ3v) is 11.7. The number of carbonyl (C=O) groups is 1. The van der Waals surface area contributed by atoms with Crippen LogP contribution in [0.2, 0.25) is 5.02 Å². The molecule has 1 amide bonds. The summed E-state index contributed by atoms with van der Waals surface area (Å²) in [6.07, 6.45) is 1.23. The van der Waals surface area contributed by atoms with E-state index in [-0.39, 0.29) is 5.41 Å². The Labute approximate surface area is 219 Å². The lowest BCUT2D eigenvalue weighted by Gasteiger charge is -2.25. The molecule has 0 aliphatic heterocycles. The molecule has 0 atom stereocenters. The van der Waals surface area contributed by atoms with Gasteiger partial charge in [-0.25, -0.2) is 8.42 Å². The fraction of sp³-hybridized carbons (Fsp3) is 0.296. The molecule has 4 rings (SSSR count). The normalized spacial score (nSPS) is 12.9. The van der Waals surface area contributed by atoms with Gasteiger partial charge in [0.05, 0.1) is 4.75 Å². The van der Waals surface area contributed by atoms with Crippen LogP contribution in [-0.4, -0.2) is 20.6 Å². The first-order valence-corrected chi connectivity index (χ1v) is 15.0. The van der Waals surface area contributed by atoms with Gasteiger partial charge in [0, 0.05) is 37.2 Å². The van der Waals surface area contributed by atoms with Crippen molar-refractivity contribution in [2.45, 2.75) is 44.8 Å². The molecule has 184 valence electrons. The SMILES string of the molecule is Cc1csc(C(C)(C)c2cc(Cl)cc(-c3c(C(N)=O)sc4ccc(C(C)(C)S(C)(=O)=O)cc34)c2)c1. The second-order valence-electron chi connectivity index (χ2n) is 10.0. The van der Waals surface area contributed by atoms with Crippen molar-refractivity contribution in [1.82, 2.24) is 0 Å². The van der Waals surface area contributed by atoms with Gasteiger partial charge in [-0.3, -0.25) is 4.79 Å². The molecule has 2 aromatic carbocycles. The summed E-state index contributed by atoms with van der Waals surface area (Å²) < 4.78 is 24.8. The minimum absolute atomic E-state index is 0.305. The van der Waals surface area contributed by atoms with Crippen molar-refractivity contribution in [2.75, 3.05) is 6.26 Å². The lowest BCUT2D eigenvalue weighted by atomic mass is 9.81. The van der Waals surface area contributed by atoms with Crippen molar-refractivity contribution < 1.29 is 13.2 Å². The number of primary amides is 1. The van der Waals surface area contributed by atoms with E-state index in [0.29, 0.717) is 21.0 Å². The molecule has 0 fully saturated rings. The van der Waals surface area contributed by atoms with Gasteiger partial charge < -0.3 is 5.73 Å². The fourth-order valence-corrected chi connectivity index (χ4v) is 7.04. The molecule has 35 heavy (non-hydrogen) atoms. The van der Waals surface area contributed by atoms with E-state index in [2.05, 4.69) is 38.3 Å². The average molecular weight is 546 g/mol. The summed E-state index contributed by atoms with van der Waals surface area (Å²) in [6.45, 7) is 9.76. The maximum absolute atomic E-state index is 12.5. The molecule has 2 N–H and O–H groups in total. The molecule has 0 aliphatic carbocycles. The molecule has 4 aromatic rings. The summed E-state index contributed by atoms with van der Waals surface area (Å²) in [5.41, 5.74) is 9.85.